The zero-order valence-corrected chi connectivity index (χ0v) is 15.3. The van der Waals surface area contributed by atoms with E-state index in [-0.39, 0.29) is 29.5 Å². The molecule has 3 atom stereocenters. The molecule has 1 aliphatic carbocycles. The molecule has 136 valence electrons. The normalized spacial score (nSPS) is 24.9. The number of nitrogens with one attached hydrogen (secondary N) is 2. The van der Waals surface area contributed by atoms with E-state index in [1.54, 1.807) is 13.0 Å². The second-order valence-corrected chi connectivity index (χ2v) is 7.48. The summed E-state index contributed by atoms with van der Waals surface area (Å²) < 4.78 is 0. The van der Waals surface area contributed by atoms with Crippen molar-refractivity contribution in [1.29, 1.82) is 0 Å². The number of nitrogens with zero attached hydrogens (tertiary/aromatic N) is 2. The van der Waals surface area contributed by atoms with Gasteiger partial charge in [-0.05, 0) is 43.9 Å². The van der Waals surface area contributed by atoms with Crippen LogP contribution in [0.1, 0.15) is 44.1 Å². The van der Waals surface area contributed by atoms with Gasteiger partial charge in [-0.1, -0.05) is 13.0 Å². The summed E-state index contributed by atoms with van der Waals surface area (Å²) in [4.78, 5) is 33.9. The molecule has 0 aromatic carbocycles. The molecule has 2 aromatic rings. The number of fused-ring (bicyclic) bond motifs is 1. The number of pyridine rings is 2. The Balaban J connectivity index is 1.81. The fourth-order valence-corrected chi connectivity index (χ4v) is 4.23. The fourth-order valence-electron chi connectivity index (χ4n) is 4.23. The Hall–Kier alpha value is -2.63. The molecule has 0 saturated heterocycles. The third kappa shape index (κ3) is 2.89. The standard InChI is InChI=1S/C20H24N4O2/c1-11-5-4-6-16(21-11)22-18-12(2)20(14-7-8-14)24(13(3)25)15-9-10-17(26)23-19(15)18/h4-6,9-10,12,14,18,20H,7-8H2,1-3H3,(H,21,22)(H,23,26)/t12-,18-,20-/m1/s1. The van der Waals surface area contributed by atoms with E-state index in [1.165, 1.54) is 6.07 Å². The number of carbonyl (C=O) groups excluding carboxylic acids is 1. The number of anilines is 2. The predicted octanol–water partition coefficient (Wildman–Crippen LogP) is 3.01. The number of H-pyrrole nitrogens is 1. The smallest absolute Gasteiger partial charge is 0.248 e. The largest absolute Gasteiger partial charge is 0.361 e. The zero-order chi connectivity index (χ0) is 18.4. The first kappa shape index (κ1) is 16.8. The van der Waals surface area contributed by atoms with E-state index in [4.69, 9.17) is 0 Å². The predicted molar refractivity (Wildman–Crippen MR) is 101 cm³/mol. The van der Waals surface area contributed by atoms with Gasteiger partial charge in [0.2, 0.25) is 11.5 Å². The maximum atomic E-state index is 12.4. The van der Waals surface area contributed by atoms with Crippen molar-refractivity contribution in [3.8, 4) is 0 Å². The van der Waals surface area contributed by atoms with E-state index in [9.17, 15) is 9.59 Å². The minimum Gasteiger partial charge on any atom is -0.361 e. The van der Waals surface area contributed by atoms with Gasteiger partial charge in [-0.3, -0.25) is 9.59 Å². The van der Waals surface area contributed by atoms with E-state index >= 15 is 0 Å². The summed E-state index contributed by atoms with van der Waals surface area (Å²) >= 11 is 0. The van der Waals surface area contributed by atoms with Crippen molar-refractivity contribution < 1.29 is 4.79 Å². The van der Waals surface area contributed by atoms with Gasteiger partial charge in [0.25, 0.3) is 0 Å². The number of aromatic amines is 1. The summed E-state index contributed by atoms with van der Waals surface area (Å²) in [6.07, 6.45) is 2.29. The average Bonchev–Trinajstić information content (AvgIpc) is 3.41. The highest BCUT2D eigenvalue weighted by Crippen LogP contribution is 2.48. The van der Waals surface area contributed by atoms with Gasteiger partial charge >= 0.3 is 0 Å². The van der Waals surface area contributed by atoms with Gasteiger partial charge in [0, 0.05) is 30.6 Å². The highest BCUT2D eigenvalue weighted by Gasteiger charge is 2.48. The van der Waals surface area contributed by atoms with Crippen LogP contribution in [-0.4, -0.2) is 21.9 Å². The van der Waals surface area contributed by atoms with Gasteiger partial charge in [-0.2, -0.15) is 0 Å². The number of aryl methyl sites for hydroxylation is 1. The third-order valence-electron chi connectivity index (χ3n) is 5.50. The molecule has 1 saturated carbocycles. The molecular formula is C20H24N4O2. The first-order valence-corrected chi connectivity index (χ1v) is 9.19. The number of carbonyl (C=O) groups is 1. The van der Waals surface area contributed by atoms with Crippen LogP contribution < -0.4 is 15.8 Å². The molecule has 1 aliphatic heterocycles. The van der Waals surface area contributed by atoms with E-state index < -0.39 is 0 Å². The van der Waals surface area contributed by atoms with Crippen LogP contribution in [0.3, 0.4) is 0 Å². The van der Waals surface area contributed by atoms with Crippen LogP contribution in [0.2, 0.25) is 0 Å². The van der Waals surface area contributed by atoms with Crippen molar-refractivity contribution in [3.05, 3.63) is 52.1 Å². The number of rotatable bonds is 3. The molecule has 6 nitrogen and oxygen atoms in total. The van der Waals surface area contributed by atoms with Crippen molar-refractivity contribution in [2.45, 2.75) is 45.7 Å². The van der Waals surface area contributed by atoms with Gasteiger partial charge in [0.1, 0.15) is 5.82 Å². The lowest BCUT2D eigenvalue weighted by Crippen LogP contribution is -2.52. The summed E-state index contributed by atoms with van der Waals surface area (Å²) in [6, 6.07) is 9.15. The molecule has 2 aliphatic rings. The topological polar surface area (TPSA) is 78.1 Å². The van der Waals surface area contributed by atoms with E-state index in [0.29, 0.717) is 5.92 Å². The van der Waals surface area contributed by atoms with Gasteiger partial charge < -0.3 is 15.2 Å². The van der Waals surface area contributed by atoms with E-state index in [2.05, 4.69) is 22.2 Å². The van der Waals surface area contributed by atoms with Crippen molar-refractivity contribution in [3.63, 3.8) is 0 Å². The van der Waals surface area contributed by atoms with E-state index in [0.717, 1.165) is 35.7 Å². The molecule has 0 unspecified atom stereocenters. The van der Waals surface area contributed by atoms with Crippen LogP contribution in [0.25, 0.3) is 0 Å². The summed E-state index contributed by atoms with van der Waals surface area (Å²) in [6.45, 7) is 5.71. The second-order valence-electron chi connectivity index (χ2n) is 7.48. The highest BCUT2D eigenvalue weighted by atomic mass is 16.2. The van der Waals surface area contributed by atoms with Gasteiger partial charge in [0.15, 0.2) is 0 Å². The minimum atomic E-state index is -0.159. The zero-order valence-electron chi connectivity index (χ0n) is 15.3. The molecule has 3 heterocycles. The van der Waals surface area contributed by atoms with Crippen LogP contribution >= 0.6 is 0 Å². The van der Waals surface area contributed by atoms with Crippen molar-refractivity contribution in [2.24, 2.45) is 11.8 Å². The number of aromatic nitrogens is 2. The molecular weight excluding hydrogens is 328 g/mol. The van der Waals surface area contributed by atoms with Gasteiger partial charge in [-0.25, -0.2) is 4.98 Å². The maximum Gasteiger partial charge on any atom is 0.248 e. The Labute approximate surface area is 152 Å². The Morgan fingerprint density at radius 3 is 2.69 bits per heavy atom. The molecule has 2 aromatic heterocycles. The van der Waals surface area contributed by atoms with Crippen molar-refractivity contribution >= 4 is 17.4 Å². The Morgan fingerprint density at radius 2 is 2.04 bits per heavy atom. The van der Waals surface area contributed by atoms with Gasteiger partial charge in [0.05, 0.1) is 17.4 Å². The van der Waals surface area contributed by atoms with Crippen LogP contribution in [0.4, 0.5) is 11.5 Å². The summed E-state index contributed by atoms with van der Waals surface area (Å²) in [5, 5.41) is 3.51. The summed E-state index contributed by atoms with van der Waals surface area (Å²) in [5.41, 5.74) is 2.34. The molecule has 1 amide bonds. The van der Waals surface area contributed by atoms with Crippen LogP contribution in [0, 0.1) is 18.8 Å². The SMILES string of the molecule is CC(=O)N1c2ccc(=O)[nH]c2[C@H](Nc2cccc(C)n2)[C@@H](C)[C@@H]1C1CC1. The minimum absolute atomic E-state index is 0.0224. The Morgan fingerprint density at radius 1 is 1.27 bits per heavy atom. The van der Waals surface area contributed by atoms with Crippen molar-refractivity contribution in [1.82, 2.24) is 9.97 Å². The monoisotopic (exact) mass is 352 g/mol. The fraction of sp³-hybridized carbons (Fsp3) is 0.450. The molecule has 0 bridgehead atoms. The molecule has 0 radical (unpaired) electrons. The number of amides is 1. The number of hydrogen-bond acceptors (Lipinski definition) is 4. The maximum absolute atomic E-state index is 12.4. The van der Waals surface area contributed by atoms with Crippen LogP contribution in [-0.2, 0) is 4.79 Å². The van der Waals surface area contributed by atoms with Gasteiger partial charge in [-0.15, -0.1) is 0 Å². The van der Waals surface area contributed by atoms with Crippen molar-refractivity contribution in [2.75, 3.05) is 10.2 Å². The molecule has 1 fully saturated rings. The average molecular weight is 352 g/mol. The lowest BCUT2D eigenvalue weighted by atomic mass is 9.82. The lowest BCUT2D eigenvalue weighted by Gasteiger charge is -2.45. The summed E-state index contributed by atoms with van der Waals surface area (Å²) in [5.74, 6) is 1.47. The molecule has 0 spiro atoms. The molecule has 2 N–H and O–H groups in total. The second kappa shape index (κ2) is 6.27. The molecule has 6 heteroatoms. The first-order valence-electron chi connectivity index (χ1n) is 9.19. The van der Waals surface area contributed by atoms with Crippen LogP contribution in [0.15, 0.2) is 35.1 Å². The molecule has 4 rings (SSSR count). The highest BCUT2D eigenvalue weighted by molar-refractivity contribution is 5.93. The lowest BCUT2D eigenvalue weighted by molar-refractivity contribution is -0.117. The third-order valence-corrected chi connectivity index (χ3v) is 5.50. The Bertz CT molecular complexity index is 903. The first-order chi connectivity index (χ1) is 12.5. The quantitative estimate of drug-likeness (QED) is 0.890. The number of hydrogen-bond donors (Lipinski definition) is 2. The van der Waals surface area contributed by atoms with E-state index in [1.807, 2.05) is 30.0 Å². The van der Waals surface area contributed by atoms with Crippen LogP contribution in [0.5, 0.6) is 0 Å². The molecule has 26 heavy (non-hydrogen) atoms. The summed E-state index contributed by atoms with van der Waals surface area (Å²) in [7, 11) is 0. The Kier molecular flexibility index (Phi) is 4.05.